The summed E-state index contributed by atoms with van der Waals surface area (Å²) in [4.78, 5) is 14.5. The van der Waals surface area contributed by atoms with Crippen LogP contribution >= 0.6 is 11.7 Å². The van der Waals surface area contributed by atoms with E-state index in [0.717, 1.165) is 28.7 Å². The molecule has 0 unspecified atom stereocenters. The van der Waals surface area contributed by atoms with E-state index in [9.17, 15) is 9.90 Å². The third-order valence-corrected chi connectivity index (χ3v) is 4.76. The standard InChI is InChI=1S/C17H20N6O2S/c1-12-15(20-26-19-12)11-23-13(2)16(18-21-23)17(25)22(8-9-24)10-14-6-4-3-5-7-14/h3-7,24H,8-11H2,1-2H3. The molecule has 3 rings (SSSR count). The number of benzene rings is 1. The summed E-state index contributed by atoms with van der Waals surface area (Å²) < 4.78 is 10.0. The fourth-order valence-corrected chi connectivity index (χ4v) is 3.13. The highest BCUT2D eigenvalue weighted by Gasteiger charge is 2.23. The molecule has 2 heterocycles. The summed E-state index contributed by atoms with van der Waals surface area (Å²) in [5, 5.41) is 17.5. The molecule has 136 valence electrons. The molecule has 0 spiro atoms. The number of aliphatic hydroxyl groups excluding tert-OH is 1. The lowest BCUT2D eigenvalue weighted by molar-refractivity contribution is 0.0701. The molecular weight excluding hydrogens is 352 g/mol. The lowest BCUT2D eigenvalue weighted by Crippen LogP contribution is -2.33. The predicted octanol–water partition coefficient (Wildman–Crippen LogP) is 1.43. The van der Waals surface area contributed by atoms with Crippen molar-refractivity contribution in [2.45, 2.75) is 26.9 Å². The van der Waals surface area contributed by atoms with E-state index in [-0.39, 0.29) is 24.8 Å². The first kappa shape index (κ1) is 18.2. The van der Waals surface area contributed by atoms with Gasteiger partial charge in [0.05, 0.1) is 42.0 Å². The molecule has 3 aromatic rings. The molecule has 2 aromatic heterocycles. The molecule has 0 fully saturated rings. The fourth-order valence-electron chi connectivity index (χ4n) is 2.57. The number of nitrogens with zero attached hydrogens (tertiary/aromatic N) is 6. The molecule has 0 atom stereocenters. The Morgan fingerprint density at radius 3 is 2.65 bits per heavy atom. The van der Waals surface area contributed by atoms with Gasteiger partial charge < -0.3 is 10.0 Å². The van der Waals surface area contributed by atoms with E-state index >= 15 is 0 Å². The topological polar surface area (TPSA) is 97.0 Å². The Labute approximate surface area is 155 Å². The van der Waals surface area contributed by atoms with E-state index in [4.69, 9.17) is 0 Å². The van der Waals surface area contributed by atoms with Crippen LogP contribution in [0.15, 0.2) is 30.3 Å². The van der Waals surface area contributed by atoms with Crippen LogP contribution in [-0.2, 0) is 13.1 Å². The number of aliphatic hydroxyl groups is 1. The Balaban J connectivity index is 1.80. The Morgan fingerprint density at radius 2 is 2.00 bits per heavy atom. The summed E-state index contributed by atoms with van der Waals surface area (Å²) in [5.41, 5.74) is 3.61. The average molecular weight is 372 g/mol. The monoisotopic (exact) mass is 372 g/mol. The molecule has 0 bridgehead atoms. The lowest BCUT2D eigenvalue weighted by Gasteiger charge is -2.21. The van der Waals surface area contributed by atoms with Gasteiger partial charge in [-0.1, -0.05) is 35.5 Å². The molecular formula is C17H20N6O2S. The van der Waals surface area contributed by atoms with Gasteiger partial charge in [0, 0.05) is 13.1 Å². The summed E-state index contributed by atoms with van der Waals surface area (Å²) in [5.74, 6) is -0.250. The maximum absolute atomic E-state index is 12.9. The number of aryl methyl sites for hydroxylation is 1. The van der Waals surface area contributed by atoms with Gasteiger partial charge in [0.2, 0.25) is 0 Å². The molecule has 0 aliphatic rings. The van der Waals surface area contributed by atoms with Crippen molar-refractivity contribution < 1.29 is 9.90 Å². The van der Waals surface area contributed by atoms with Crippen LogP contribution in [0.5, 0.6) is 0 Å². The van der Waals surface area contributed by atoms with Gasteiger partial charge in [-0.2, -0.15) is 8.75 Å². The van der Waals surface area contributed by atoms with Crippen LogP contribution in [0.3, 0.4) is 0 Å². The number of carbonyl (C=O) groups is 1. The fraction of sp³-hybridized carbons (Fsp3) is 0.353. The molecule has 0 aliphatic heterocycles. The molecule has 8 nitrogen and oxygen atoms in total. The highest BCUT2D eigenvalue weighted by molar-refractivity contribution is 6.99. The minimum Gasteiger partial charge on any atom is -0.395 e. The van der Waals surface area contributed by atoms with E-state index in [1.807, 2.05) is 44.2 Å². The molecule has 0 saturated carbocycles. The first-order valence-corrected chi connectivity index (χ1v) is 8.95. The number of rotatable bonds is 7. The van der Waals surface area contributed by atoms with Gasteiger partial charge >= 0.3 is 0 Å². The molecule has 1 amide bonds. The van der Waals surface area contributed by atoms with Gasteiger partial charge in [0.15, 0.2) is 5.69 Å². The second-order valence-corrected chi connectivity index (χ2v) is 6.44. The largest absolute Gasteiger partial charge is 0.395 e. The summed E-state index contributed by atoms with van der Waals surface area (Å²) in [7, 11) is 0. The molecule has 1 N–H and O–H groups in total. The number of carbonyl (C=O) groups excluding carboxylic acids is 1. The van der Waals surface area contributed by atoms with Crippen molar-refractivity contribution in [2.75, 3.05) is 13.2 Å². The smallest absolute Gasteiger partial charge is 0.276 e. The molecule has 0 saturated heterocycles. The second-order valence-electron chi connectivity index (χ2n) is 5.91. The molecule has 26 heavy (non-hydrogen) atoms. The lowest BCUT2D eigenvalue weighted by atomic mass is 10.2. The quantitative estimate of drug-likeness (QED) is 0.674. The predicted molar refractivity (Wildman–Crippen MR) is 96.8 cm³/mol. The Hall–Kier alpha value is -2.65. The summed E-state index contributed by atoms with van der Waals surface area (Å²) in [6, 6.07) is 9.65. The third kappa shape index (κ3) is 3.94. The van der Waals surface area contributed by atoms with E-state index in [0.29, 0.717) is 18.8 Å². The van der Waals surface area contributed by atoms with Gasteiger partial charge in [-0.05, 0) is 19.4 Å². The first-order valence-electron chi connectivity index (χ1n) is 8.22. The average Bonchev–Trinajstić information content (AvgIpc) is 3.21. The number of amides is 1. The molecule has 9 heteroatoms. The first-order chi connectivity index (χ1) is 12.6. The van der Waals surface area contributed by atoms with E-state index in [1.54, 1.807) is 9.58 Å². The minimum atomic E-state index is -0.250. The van der Waals surface area contributed by atoms with Crippen LogP contribution in [0, 0.1) is 13.8 Å². The Kier molecular flexibility index (Phi) is 5.69. The second kappa shape index (κ2) is 8.15. The summed E-state index contributed by atoms with van der Waals surface area (Å²) >= 11 is 1.15. The van der Waals surface area contributed by atoms with Crippen molar-refractivity contribution in [1.82, 2.24) is 28.6 Å². The Bertz CT molecular complexity index is 877. The third-order valence-electron chi connectivity index (χ3n) is 4.10. The molecule has 0 aliphatic carbocycles. The van der Waals surface area contributed by atoms with Crippen LogP contribution in [0.2, 0.25) is 0 Å². The molecule has 0 radical (unpaired) electrons. The van der Waals surface area contributed by atoms with Gasteiger partial charge in [0.1, 0.15) is 0 Å². The van der Waals surface area contributed by atoms with Crippen molar-refractivity contribution in [2.24, 2.45) is 0 Å². The zero-order valence-electron chi connectivity index (χ0n) is 14.7. The van der Waals surface area contributed by atoms with E-state index in [1.165, 1.54) is 0 Å². The van der Waals surface area contributed by atoms with Crippen molar-refractivity contribution >= 4 is 17.6 Å². The van der Waals surface area contributed by atoms with Gasteiger partial charge in [-0.25, -0.2) is 4.68 Å². The SMILES string of the molecule is Cc1nsnc1Cn1nnc(C(=O)N(CCO)Cc2ccccc2)c1C. The number of hydrogen-bond acceptors (Lipinski definition) is 7. The van der Waals surface area contributed by atoms with Gasteiger partial charge in [-0.3, -0.25) is 4.79 Å². The zero-order chi connectivity index (χ0) is 18.5. The van der Waals surface area contributed by atoms with Crippen LogP contribution in [0.25, 0.3) is 0 Å². The number of hydrogen-bond donors (Lipinski definition) is 1. The van der Waals surface area contributed by atoms with E-state index < -0.39 is 0 Å². The van der Waals surface area contributed by atoms with Crippen LogP contribution in [0.1, 0.15) is 33.1 Å². The van der Waals surface area contributed by atoms with Crippen LogP contribution < -0.4 is 0 Å². The normalized spacial score (nSPS) is 10.9. The van der Waals surface area contributed by atoms with Crippen molar-refractivity contribution in [3.63, 3.8) is 0 Å². The highest BCUT2D eigenvalue weighted by Crippen LogP contribution is 2.13. The minimum absolute atomic E-state index is 0.116. The summed E-state index contributed by atoms with van der Waals surface area (Å²) in [6.07, 6.45) is 0. The maximum atomic E-state index is 12.9. The number of aromatic nitrogens is 5. The maximum Gasteiger partial charge on any atom is 0.276 e. The zero-order valence-corrected chi connectivity index (χ0v) is 15.5. The Morgan fingerprint density at radius 1 is 1.23 bits per heavy atom. The van der Waals surface area contributed by atoms with Crippen molar-refractivity contribution in [1.29, 1.82) is 0 Å². The summed E-state index contributed by atoms with van der Waals surface area (Å²) in [6.45, 7) is 4.64. The van der Waals surface area contributed by atoms with Gasteiger partial charge in [0.25, 0.3) is 5.91 Å². The van der Waals surface area contributed by atoms with Crippen molar-refractivity contribution in [3.8, 4) is 0 Å². The van der Waals surface area contributed by atoms with E-state index in [2.05, 4.69) is 19.1 Å². The molecule has 1 aromatic carbocycles. The van der Waals surface area contributed by atoms with Gasteiger partial charge in [-0.15, -0.1) is 5.10 Å². The van der Waals surface area contributed by atoms with Crippen molar-refractivity contribution in [3.05, 3.63) is 58.7 Å². The highest BCUT2D eigenvalue weighted by atomic mass is 32.1. The van der Waals surface area contributed by atoms with Crippen LogP contribution in [-0.4, -0.2) is 52.8 Å². The van der Waals surface area contributed by atoms with Crippen LogP contribution in [0.4, 0.5) is 0 Å².